The molecule has 0 bridgehead atoms. The van der Waals surface area contributed by atoms with Crippen LogP contribution in [0.15, 0.2) is 12.1 Å². The number of aliphatic hydroxyl groups is 1. The van der Waals surface area contributed by atoms with Gasteiger partial charge in [-0.05, 0) is 0 Å². The molecule has 0 radical (unpaired) electrons. The fourth-order valence-electron chi connectivity index (χ4n) is 1.94. The molecule has 1 heterocycles. The van der Waals surface area contributed by atoms with E-state index >= 15 is 0 Å². The Labute approximate surface area is 128 Å². The van der Waals surface area contributed by atoms with E-state index in [4.69, 9.17) is 14.2 Å². The minimum atomic E-state index is -0.734. The maximum atomic E-state index is 10.9. The largest absolute Gasteiger partial charge is 0.487 e. The van der Waals surface area contributed by atoms with Crippen LogP contribution < -0.4 is 19.5 Å². The normalized spacial score (nSPS) is 14.7. The Hall–Kier alpha value is -2.06. The van der Waals surface area contributed by atoms with Crippen LogP contribution in [-0.2, 0) is 0 Å². The summed E-state index contributed by atoms with van der Waals surface area (Å²) in [6, 6.07) is 2.82. The van der Waals surface area contributed by atoms with Crippen molar-refractivity contribution in [3.63, 3.8) is 0 Å². The van der Waals surface area contributed by atoms with Crippen molar-refractivity contribution in [1.82, 2.24) is 5.32 Å². The molecular weight excluding hydrogens is 292 g/mol. The highest BCUT2D eigenvalue weighted by Crippen LogP contribution is 2.42. The first-order valence-electron chi connectivity index (χ1n) is 7.09. The number of aliphatic hydroxyl groups excluding tert-OH is 1. The van der Waals surface area contributed by atoms with Gasteiger partial charge in [0.05, 0.1) is 17.1 Å². The van der Waals surface area contributed by atoms with E-state index in [9.17, 15) is 15.2 Å². The van der Waals surface area contributed by atoms with E-state index < -0.39 is 11.0 Å². The second-order valence-electron chi connectivity index (χ2n) is 5.25. The standard InChI is InChI=1S/C14H20N2O6/c1-9(2)15-7-11(17)8-22-13-6-10(16(18)19)5-12-14(13)21-4-3-20-12/h5-6,9,11,15,17H,3-4,7-8H2,1-2H3. The third-order valence-corrected chi connectivity index (χ3v) is 3.00. The summed E-state index contributed by atoms with van der Waals surface area (Å²) < 4.78 is 16.3. The molecule has 8 nitrogen and oxygen atoms in total. The lowest BCUT2D eigenvalue weighted by Crippen LogP contribution is -2.35. The van der Waals surface area contributed by atoms with E-state index in [2.05, 4.69) is 5.32 Å². The minimum absolute atomic E-state index is 0.00329. The van der Waals surface area contributed by atoms with E-state index in [1.165, 1.54) is 12.1 Å². The molecule has 22 heavy (non-hydrogen) atoms. The second-order valence-corrected chi connectivity index (χ2v) is 5.25. The zero-order valence-corrected chi connectivity index (χ0v) is 12.6. The van der Waals surface area contributed by atoms with Gasteiger partial charge in [-0.3, -0.25) is 10.1 Å². The summed E-state index contributed by atoms with van der Waals surface area (Å²) in [6.45, 7) is 4.97. The van der Waals surface area contributed by atoms with E-state index in [0.717, 1.165) is 0 Å². The average Bonchev–Trinajstić information content (AvgIpc) is 2.50. The summed E-state index contributed by atoms with van der Waals surface area (Å²) in [5.74, 6) is 0.818. The van der Waals surface area contributed by atoms with Gasteiger partial charge in [-0.2, -0.15) is 0 Å². The Morgan fingerprint density at radius 2 is 2.14 bits per heavy atom. The predicted molar refractivity (Wildman–Crippen MR) is 78.7 cm³/mol. The quantitative estimate of drug-likeness (QED) is 0.574. The van der Waals surface area contributed by atoms with Gasteiger partial charge in [-0.25, -0.2) is 0 Å². The third kappa shape index (κ3) is 4.22. The number of fused-ring (bicyclic) bond motifs is 1. The van der Waals surface area contributed by atoms with Crippen molar-refractivity contribution in [3.8, 4) is 17.2 Å². The van der Waals surface area contributed by atoms with Gasteiger partial charge in [-0.15, -0.1) is 0 Å². The number of rotatable bonds is 7. The predicted octanol–water partition coefficient (Wildman–Crippen LogP) is 1.10. The molecule has 1 aromatic rings. The van der Waals surface area contributed by atoms with E-state index in [0.29, 0.717) is 25.5 Å². The molecule has 2 N–H and O–H groups in total. The van der Waals surface area contributed by atoms with Gasteiger partial charge in [0.25, 0.3) is 5.69 Å². The monoisotopic (exact) mass is 312 g/mol. The van der Waals surface area contributed by atoms with Crippen molar-refractivity contribution >= 4 is 5.69 Å². The van der Waals surface area contributed by atoms with Crippen LogP contribution >= 0.6 is 0 Å². The molecule has 0 spiro atoms. The Morgan fingerprint density at radius 1 is 1.41 bits per heavy atom. The molecule has 8 heteroatoms. The second kappa shape index (κ2) is 7.28. The molecule has 0 saturated heterocycles. The number of hydrogen-bond acceptors (Lipinski definition) is 7. The van der Waals surface area contributed by atoms with Gasteiger partial charge >= 0.3 is 0 Å². The van der Waals surface area contributed by atoms with Crippen molar-refractivity contribution < 1.29 is 24.2 Å². The number of nitrogens with zero attached hydrogens (tertiary/aromatic N) is 1. The summed E-state index contributed by atoms with van der Waals surface area (Å²) in [4.78, 5) is 10.4. The van der Waals surface area contributed by atoms with Crippen LogP contribution in [0.4, 0.5) is 5.69 Å². The van der Waals surface area contributed by atoms with Crippen molar-refractivity contribution in [1.29, 1.82) is 0 Å². The van der Waals surface area contributed by atoms with E-state index in [-0.39, 0.29) is 29.8 Å². The fourth-order valence-corrected chi connectivity index (χ4v) is 1.94. The first-order chi connectivity index (χ1) is 10.5. The van der Waals surface area contributed by atoms with Crippen LogP contribution in [0.5, 0.6) is 17.2 Å². The lowest BCUT2D eigenvalue weighted by Gasteiger charge is -2.21. The number of nitrogens with one attached hydrogen (secondary N) is 1. The SMILES string of the molecule is CC(C)NCC(O)COc1cc([N+](=O)[O-])cc2c1OCCO2. The van der Waals surface area contributed by atoms with Crippen molar-refractivity contribution in [2.24, 2.45) is 0 Å². The number of ether oxygens (including phenoxy) is 3. The number of benzene rings is 1. The Balaban J connectivity index is 2.08. The van der Waals surface area contributed by atoms with Crippen molar-refractivity contribution in [2.45, 2.75) is 26.0 Å². The van der Waals surface area contributed by atoms with Crippen LogP contribution in [0.25, 0.3) is 0 Å². The summed E-state index contributed by atoms with van der Waals surface area (Å²) in [5.41, 5.74) is -0.144. The molecule has 2 rings (SSSR count). The first-order valence-corrected chi connectivity index (χ1v) is 7.09. The van der Waals surface area contributed by atoms with Crippen molar-refractivity contribution in [2.75, 3.05) is 26.4 Å². The van der Waals surface area contributed by atoms with Gasteiger partial charge in [0.2, 0.25) is 5.75 Å². The smallest absolute Gasteiger partial charge is 0.277 e. The van der Waals surface area contributed by atoms with Crippen molar-refractivity contribution in [3.05, 3.63) is 22.2 Å². The molecule has 0 aromatic heterocycles. The molecular formula is C14H20N2O6. The van der Waals surface area contributed by atoms with Gasteiger partial charge < -0.3 is 24.6 Å². The maximum Gasteiger partial charge on any atom is 0.277 e. The summed E-state index contributed by atoms with van der Waals surface area (Å²) in [6.07, 6.45) is -0.734. The molecule has 1 aromatic carbocycles. The Kier molecular flexibility index (Phi) is 5.40. The van der Waals surface area contributed by atoms with Gasteiger partial charge in [0, 0.05) is 12.6 Å². The summed E-state index contributed by atoms with van der Waals surface area (Å²) >= 11 is 0. The molecule has 1 atom stereocenters. The lowest BCUT2D eigenvalue weighted by molar-refractivity contribution is -0.385. The number of nitro groups is 1. The van der Waals surface area contributed by atoms with Gasteiger partial charge in [-0.1, -0.05) is 13.8 Å². The molecule has 1 aliphatic rings. The third-order valence-electron chi connectivity index (χ3n) is 3.00. The number of nitro benzene ring substituents is 1. The average molecular weight is 312 g/mol. The molecule has 0 saturated carbocycles. The number of non-ortho nitro benzene ring substituents is 1. The topological polar surface area (TPSA) is 103 Å². The highest BCUT2D eigenvalue weighted by atomic mass is 16.6. The molecule has 122 valence electrons. The molecule has 1 unspecified atom stereocenters. The van der Waals surface area contributed by atoms with Crippen LogP contribution in [-0.4, -0.2) is 48.5 Å². The van der Waals surface area contributed by atoms with Crippen LogP contribution in [0.3, 0.4) is 0 Å². The van der Waals surface area contributed by atoms with Crippen LogP contribution in [0, 0.1) is 10.1 Å². The lowest BCUT2D eigenvalue weighted by atomic mass is 10.2. The minimum Gasteiger partial charge on any atom is -0.487 e. The Bertz CT molecular complexity index is 534. The maximum absolute atomic E-state index is 10.9. The first kappa shape index (κ1) is 16.3. The van der Waals surface area contributed by atoms with Gasteiger partial charge in [0.1, 0.15) is 25.9 Å². The van der Waals surface area contributed by atoms with E-state index in [1.807, 2.05) is 13.8 Å². The Morgan fingerprint density at radius 3 is 2.82 bits per heavy atom. The zero-order valence-electron chi connectivity index (χ0n) is 12.6. The fraction of sp³-hybridized carbons (Fsp3) is 0.571. The molecule has 0 fully saturated rings. The molecule has 0 aliphatic carbocycles. The molecule has 0 amide bonds. The molecule has 1 aliphatic heterocycles. The van der Waals surface area contributed by atoms with Crippen LogP contribution in [0.1, 0.15) is 13.8 Å². The highest BCUT2D eigenvalue weighted by molar-refractivity contribution is 5.58. The summed E-state index contributed by atoms with van der Waals surface area (Å²) in [7, 11) is 0. The summed E-state index contributed by atoms with van der Waals surface area (Å²) in [5, 5.41) is 23.9. The number of hydrogen-bond donors (Lipinski definition) is 2. The van der Waals surface area contributed by atoms with Crippen LogP contribution in [0.2, 0.25) is 0 Å². The highest BCUT2D eigenvalue weighted by Gasteiger charge is 2.23. The zero-order chi connectivity index (χ0) is 16.1. The van der Waals surface area contributed by atoms with E-state index in [1.54, 1.807) is 0 Å². The van der Waals surface area contributed by atoms with Gasteiger partial charge in [0.15, 0.2) is 11.5 Å².